The zero-order valence-electron chi connectivity index (χ0n) is 10.7. The zero-order chi connectivity index (χ0) is 13.4. The van der Waals surface area contributed by atoms with Gasteiger partial charge in [-0.1, -0.05) is 12.1 Å². The predicted octanol–water partition coefficient (Wildman–Crippen LogP) is 1.47. The molecule has 1 atom stereocenters. The molecule has 0 radical (unpaired) electrons. The van der Waals surface area contributed by atoms with Gasteiger partial charge in [-0.3, -0.25) is 4.79 Å². The summed E-state index contributed by atoms with van der Waals surface area (Å²) in [4.78, 5) is 27.6. The molecule has 0 aliphatic carbocycles. The second-order valence-corrected chi connectivity index (χ2v) is 5.08. The maximum atomic E-state index is 12.4. The van der Waals surface area contributed by atoms with Gasteiger partial charge in [0.1, 0.15) is 0 Å². The third-order valence-electron chi connectivity index (χ3n) is 3.90. The summed E-state index contributed by atoms with van der Waals surface area (Å²) in [5, 5.41) is 0. The molecule has 1 unspecified atom stereocenters. The molecule has 5 heteroatoms. The third-order valence-corrected chi connectivity index (χ3v) is 3.90. The van der Waals surface area contributed by atoms with Gasteiger partial charge in [0.05, 0.1) is 5.69 Å². The Kier molecular flexibility index (Phi) is 2.98. The average molecular weight is 259 g/mol. The average Bonchev–Trinajstić information content (AvgIpc) is 2.88. The number of carbonyl (C=O) groups is 2. The van der Waals surface area contributed by atoms with Gasteiger partial charge in [0, 0.05) is 25.6 Å². The van der Waals surface area contributed by atoms with Gasteiger partial charge in [0.2, 0.25) is 5.91 Å². The van der Waals surface area contributed by atoms with E-state index in [1.807, 2.05) is 17.0 Å². The van der Waals surface area contributed by atoms with Crippen LogP contribution < -0.4 is 10.6 Å². The van der Waals surface area contributed by atoms with Crippen LogP contribution in [0.2, 0.25) is 0 Å². The van der Waals surface area contributed by atoms with Crippen LogP contribution >= 0.6 is 0 Å². The molecule has 3 amide bonds. The van der Waals surface area contributed by atoms with E-state index in [-0.39, 0.29) is 18.0 Å². The summed E-state index contributed by atoms with van der Waals surface area (Å²) in [6.45, 7) is 1.21. The number of hydrogen-bond donors (Lipinski definition) is 1. The molecule has 1 aromatic carbocycles. The molecule has 2 fully saturated rings. The summed E-state index contributed by atoms with van der Waals surface area (Å²) in [6, 6.07) is 7.21. The zero-order valence-corrected chi connectivity index (χ0v) is 10.7. The number of carbonyl (C=O) groups excluding carboxylic acids is 2. The van der Waals surface area contributed by atoms with Crippen molar-refractivity contribution in [1.82, 2.24) is 4.90 Å². The van der Waals surface area contributed by atoms with Crippen LogP contribution in [0, 0.1) is 0 Å². The number of amides is 3. The van der Waals surface area contributed by atoms with E-state index >= 15 is 0 Å². The van der Waals surface area contributed by atoms with Crippen molar-refractivity contribution in [3.8, 4) is 0 Å². The Hall–Kier alpha value is -1.88. The highest BCUT2D eigenvalue weighted by Crippen LogP contribution is 2.30. The molecule has 2 aliphatic heterocycles. The SMILES string of the molecule is NCc1ccc(N2C(=O)CC3CCCN3C2=O)cc1. The molecular weight excluding hydrogens is 242 g/mol. The first kappa shape index (κ1) is 12.2. The van der Waals surface area contributed by atoms with Crippen LogP contribution in [0.25, 0.3) is 0 Å². The highest BCUT2D eigenvalue weighted by Gasteiger charge is 2.41. The molecular formula is C14H17N3O2. The molecule has 3 rings (SSSR count). The highest BCUT2D eigenvalue weighted by molar-refractivity contribution is 6.16. The topological polar surface area (TPSA) is 66.6 Å². The smallest absolute Gasteiger partial charge is 0.326 e. The summed E-state index contributed by atoms with van der Waals surface area (Å²) in [6.07, 6.45) is 2.37. The van der Waals surface area contributed by atoms with Gasteiger partial charge >= 0.3 is 6.03 Å². The summed E-state index contributed by atoms with van der Waals surface area (Å²) in [7, 11) is 0. The van der Waals surface area contributed by atoms with Crippen molar-refractivity contribution in [3.63, 3.8) is 0 Å². The van der Waals surface area contributed by atoms with E-state index < -0.39 is 0 Å². The number of benzene rings is 1. The van der Waals surface area contributed by atoms with Crippen molar-refractivity contribution in [3.05, 3.63) is 29.8 Å². The van der Waals surface area contributed by atoms with Crippen molar-refractivity contribution in [1.29, 1.82) is 0 Å². The lowest BCUT2D eigenvalue weighted by molar-refractivity contribution is -0.119. The van der Waals surface area contributed by atoms with Crippen LogP contribution in [0.4, 0.5) is 10.5 Å². The maximum absolute atomic E-state index is 12.4. The van der Waals surface area contributed by atoms with Gasteiger partial charge in [0.15, 0.2) is 0 Å². The number of nitrogens with two attached hydrogens (primary N) is 1. The summed E-state index contributed by atoms with van der Waals surface area (Å²) in [5.41, 5.74) is 7.17. The monoisotopic (exact) mass is 259 g/mol. The lowest BCUT2D eigenvalue weighted by Gasteiger charge is -2.36. The Bertz CT molecular complexity index is 512. The summed E-state index contributed by atoms with van der Waals surface area (Å²) in [5.74, 6) is -0.103. The van der Waals surface area contributed by atoms with E-state index in [1.54, 1.807) is 12.1 Å². The molecule has 2 saturated heterocycles. The Morgan fingerprint density at radius 1 is 1.21 bits per heavy atom. The van der Waals surface area contributed by atoms with Gasteiger partial charge in [-0.15, -0.1) is 0 Å². The fourth-order valence-electron chi connectivity index (χ4n) is 2.86. The number of fused-ring (bicyclic) bond motifs is 1. The van der Waals surface area contributed by atoms with E-state index in [1.165, 1.54) is 4.90 Å². The van der Waals surface area contributed by atoms with Crippen LogP contribution in [0.3, 0.4) is 0 Å². The molecule has 0 aromatic heterocycles. The van der Waals surface area contributed by atoms with E-state index in [2.05, 4.69) is 0 Å². The Labute approximate surface area is 112 Å². The molecule has 100 valence electrons. The quantitative estimate of drug-likeness (QED) is 0.874. The Balaban J connectivity index is 1.89. The molecule has 19 heavy (non-hydrogen) atoms. The third kappa shape index (κ3) is 2.00. The van der Waals surface area contributed by atoms with Gasteiger partial charge in [-0.2, -0.15) is 0 Å². The predicted molar refractivity (Wildman–Crippen MR) is 71.6 cm³/mol. The van der Waals surface area contributed by atoms with Gasteiger partial charge in [-0.25, -0.2) is 9.69 Å². The minimum absolute atomic E-state index is 0.103. The van der Waals surface area contributed by atoms with Gasteiger partial charge in [0.25, 0.3) is 0 Å². The minimum Gasteiger partial charge on any atom is -0.326 e. The van der Waals surface area contributed by atoms with Crippen molar-refractivity contribution in [2.75, 3.05) is 11.4 Å². The number of anilines is 1. The molecule has 2 heterocycles. The Morgan fingerprint density at radius 2 is 1.95 bits per heavy atom. The fourth-order valence-corrected chi connectivity index (χ4v) is 2.86. The molecule has 2 aliphatic rings. The first-order valence-corrected chi connectivity index (χ1v) is 6.63. The largest absolute Gasteiger partial charge is 0.331 e. The van der Waals surface area contributed by atoms with E-state index in [0.29, 0.717) is 18.7 Å². The van der Waals surface area contributed by atoms with Crippen LogP contribution in [-0.2, 0) is 11.3 Å². The van der Waals surface area contributed by atoms with Crippen LogP contribution in [0.1, 0.15) is 24.8 Å². The fraction of sp³-hybridized carbons (Fsp3) is 0.429. The van der Waals surface area contributed by atoms with E-state index in [0.717, 1.165) is 24.9 Å². The van der Waals surface area contributed by atoms with Crippen LogP contribution in [0.5, 0.6) is 0 Å². The summed E-state index contributed by atoms with van der Waals surface area (Å²) < 4.78 is 0. The highest BCUT2D eigenvalue weighted by atomic mass is 16.2. The molecule has 2 N–H and O–H groups in total. The first-order chi connectivity index (χ1) is 9.20. The molecule has 1 aromatic rings. The second kappa shape index (κ2) is 4.66. The Morgan fingerprint density at radius 3 is 2.63 bits per heavy atom. The number of urea groups is 1. The van der Waals surface area contributed by atoms with Gasteiger partial charge < -0.3 is 10.6 Å². The minimum atomic E-state index is -0.181. The maximum Gasteiger partial charge on any atom is 0.331 e. The van der Waals surface area contributed by atoms with Crippen LogP contribution in [-0.4, -0.2) is 29.4 Å². The van der Waals surface area contributed by atoms with E-state index in [9.17, 15) is 9.59 Å². The summed E-state index contributed by atoms with van der Waals surface area (Å²) >= 11 is 0. The van der Waals surface area contributed by atoms with Crippen molar-refractivity contribution in [2.24, 2.45) is 5.73 Å². The molecule has 0 saturated carbocycles. The van der Waals surface area contributed by atoms with E-state index in [4.69, 9.17) is 5.73 Å². The standard InChI is InChI=1S/C14H17N3O2/c15-9-10-3-5-11(6-4-10)17-13(18)8-12-2-1-7-16(12)14(17)19/h3-6,12H,1-2,7-9,15H2. The number of rotatable bonds is 2. The molecule has 0 bridgehead atoms. The number of hydrogen-bond acceptors (Lipinski definition) is 3. The lowest BCUT2D eigenvalue weighted by atomic mass is 10.1. The van der Waals surface area contributed by atoms with Crippen molar-refractivity contribution < 1.29 is 9.59 Å². The second-order valence-electron chi connectivity index (χ2n) is 5.08. The van der Waals surface area contributed by atoms with Crippen molar-refractivity contribution >= 4 is 17.6 Å². The normalized spacial score (nSPS) is 22.9. The number of imide groups is 1. The van der Waals surface area contributed by atoms with Gasteiger partial charge in [-0.05, 0) is 30.5 Å². The van der Waals surface area contributed by atoms with Crippen molar-refractivity contribution in [2.45, 2.75) is 31.8 Å². The number of nitrogens with zero attached hydrogens (tertiary/aromatic N) is 2. The molecule has 0 spiro atoms. The first-order valence-electron chi connectivity index (χ1n) is 6.63. The molecule has 5 nitrogen and oxygen atoms in total. The lowest BCUT2D eigenvalue weighted by Crippen LogP contribution is -2.54. The van der Waals surface area contributed by atoms with Crippen LogP contribution in [0.15, 0.2) is 24.3 Å².